The van der Waals surface area contributed by atoms with Gasteiger partial charge in [0.15, 0.2) is 0 Å². The predicted octanol–water partition coefficient (Wildman–Crippen LogP) is 5.00. The van der Waals surface area contributed by atoms with Crippen molar-refractivity contribution >= 4 is 32.7 Å². The van der Waals surface area contributed by atoms with Crippen LogP contribution in [0.4, 0.5) is 0 Å². The van der Waals surface area contributed by atoms with Gasteiger partial charge in [-0.1, -0.05) is 43.0 Å². The predicted molar refractivity (Wildman–Crippen MR) is 117 cm³/mol. The van der Waals surface area contributed by atoms with E-state index < -0.39 is 10.0 Å². The fourth-order valence-corrected chi connectivity index (χ4v) is 5.76. The van der Waals surface area contributed by atoms with Crippen molar-refractivity contribution in [2.75, 3.05) is 7.05 Å². The quantitative estimate of drug-likeness (QED) is 0.571. The van der Waals surface area contributed by atoms with Gasteiger partial charge in [-0.3, -0.25) is 0 Å². The standard InChI is InChI=1S/C22H26ClN3O2S/c1-16-24-21-14-18(23)10-13-22(21)26(16)15-17-8-11-20(12-9-17)29(27,28)25(2)19-6-4-3-5-7-19/h8-14,19H,3-7,15H2,1-2H3. The summed E-state index contributed by atoms with van der Waals surface area (Å²) in [6, 6.07) is 13.0. The largest absolute Gasteiger partial charge is 0.324 e. The fraction of sp³-hybridized carbons (Fsp3) is 0.409. The second kappa shape index (κ2) is 8.09. The Kier molecular flexibility index (Phi) is 5.69. The summed E-state index contributed by atoms with van der Waals surface area (Å²) in [5.41, 5.74) is 2.91. The van der Waals surface area contributed by atoms with E-state index in [9.17, 15) is 8.42 Å². The van der Waals surface area contributed by atoms with E-state index in [4.69, 9.17) is 11.6 Å². The van der Waals surface area contributed by atoms with Crippen LogP contribution in [0.15, 0.2) is 47.4 Å². The SMILES string of the molecule is Cc1nc2cc(Cl)ccc2n1Cc1ccc(S(=O)(=O)N(C)C2CCCCC2)cc1. The maximum absolute atomic E-state index is 13.0. The van der Waals surface area contributed by atoms with Crippen molar-refractivity contribution in [1.82, 2.24) is 13.9 Å². The second-order valence-corrected chi connectivity index (χ2v) is 10.3. The Morgan fingerprint density at radius 3 is 2.48 bits per heavy atom. The molecule has 1 heterocycles. The third kappa shape index (κ3) is 4.06. The number of hydrogen-bond acceptors (Lipinski definition) is 3. The number of nitrogens with zero attached hydrogens (tertiary/aromatic N) is 3. The molecule has 0 spiro atoms. The molecule has 1 aliphatic rings. The monoisotopic (exact) mass is 431 g/mol. The van der Waals surface area contributed by atoms with E-state index in [-0.39, 0.29) is 6.04 Å². The first-order valence-corrected chi connectivity index (χ1v) is 11.9. The minimum Gasteiger partial charge on any atom is -0.324 e. The highest BCUT2D eigenvalue weighted by Crippen LogP contribution is 2.27. The van der Waals surface area contributed by atoms with Gasteiger partial charge in [0, 0.05) is 24.7 Å². The van der Waals surface area contributed by atoms with E-state index in [2.05, 4.69) is 9.55 Å². The maximum atomic E-state index is 13.0. The van der Waals surface area contributed by atoms with E-state index >= 15 is 0 Å². The summed E-state index contributed by atoms with van der Waals surface area (Å²) in [6.45, 7) is 2.59. The van der Waals surface area contributed by atoms with Crippen LogP contribution in [0, 0.1) is 6.92 Å². The number of imidazole rings is 1. The van der Waals surface area contributed by atoms with E-state index in [0.717, 1.165) is 48.1 Å². The van der Waals surface area contributed by atoms with Gasteiger partial charge in [0.05, 0.1) is 15.9 Å². The topological polar surface area (TPSA) is 55.2 Å². The minimum atomic E-state index is -3.47. The summed E-state index contributed by atoms with van der Waals surface area (Å²) in [7, 11) is -1.75. The summed E-state index contributed by atoms with van der Waals surface area (Å²) in [5.74, 6) is 0.899. The Morgan fingerprint density at radius 1 is 1.10 bits per heavy atom. The van der Waals surface area contributed by atoms with Crippen molar-refractivity contribution in [2.45, 2.75) is 56.5 Å². The third-order valence-corrected chi connectivity index (χ3v) is 8.09. The number of rotatable bonds is 5. The van der Waals surface area contributed by atoms with Crippen molar-refractivity contribution in [2.24, 2.45) is 0 Å². The molecule has 4 rings (SSSR count). The Morgan fingerprint density at radius 2 is 1.79 bits per heavy atom. The van der Waals surface area contributed by atoms with Gasteiger partial charge in [-0.15, -0.1) is 0 Å². The molecule has 5 nitrogen and oxygen atoms in total. The molecule has 0 amide bonds. The van der Waals surface area contributed by atoms with Gasteiger partial charge in [0.2, 0.25) is 10.0 Å². The summed E-state index contributed by atoms with van der Waals surface area (Å²) < 4.78 is 29.7. The third-order valence-electron chi connectivity index (χ3n) is 5.93. The smallest absolute Gasteiger partial charge is 0.243 e. The number of benzene rings is 2. The van der Waals surface area contributed by atoms with E-state index in [1.54, 1.807) is 23.5 Å². The van der Waals surface area contributed by atoms with Gasteiger partial charge >= 0.3 is 0 Å². The van der Waals surface area contributed by atoms with Crippen LogP contribution >= 0.6 is 11.6 Å². The lowest BCUT2D eigenvalue weighted by atomic mass is 9.96. The molecule has 154 valence electrons. The molecule has 1 fully saturated rings. The molecule has 1 aliphatic carbocycles. The first-order chi connectivity index (χ1) is 13.9. The molecule has 0 bridgehead atoms. The van der Waals surface area contributed by atoms with Crippen LogP contribution in [0.25, 0.3) is 11.0 Å². The average Bonchev–Trinajstić information content (AvgIpc) is 3.02. The number of hydrogen-bond donors (Lipinski definition) is 0. The summed E-state index contributed by atoms with van der Waals surface area (Å²) in [6.07, 6.45) is 5.31. The Hall–Kier alpha value is -1.89. The van der Waals surface area contributed by atoms with Gasteiger partial charge in [-0.05, 0) is 55.7 Å². The zero-order valence-corrected chi connectivity index (χ0v) is 18.4. The first-order valence-electron chi connectivity index (χ1n) is 10.1. The number of sulfonamides is 1. The summed E-state index contributed by atoms with van der Waals surface area (Å²) in [4.78, 5) is 4.93. The molecule has 0 unspecified atom stereocenters. The molecular formula is C22H26ClN3O2S. The van der Waals surface area contributed by atoms with Crippen LogP contribution in [-0.4, -0.2) is 35.4 Å². The summed E-state index contributed by atoms with van der Waals surface area (Å²) >= 11 is 6.07. The highest BCUT2D eigenvalue weighted by molar-refractivity contribution is 7.89. The van der Waals surface area contributed by atoms with Crippen molar-refractivity contribution in [3.63, 3.8) is 0 Å². The molecule has 7 heteroatoms. The van der Waals surface area contributed by atoms with Crippen LogP contribution in [0.3, 0.4) is 0 Å². The molecule has 3 aromatic rings. The molecular weight excluding hydrogens is 406 g/mol. The molecule has 0 saturated heterocycles. The zero-order valence-electron chi connectivity index (χ0n) is 16.8. The van der Waals surface area contributed by atoms with Gasteiger partial charge in [-0.2, -0.15) is 4.31 Å². The molecule has 1 aromatic heterocycles. The van der Waals surface area contributed by atoms with Gasteiger partial charge in [0.25, 0.3) is 0 Å². The Labute approximate surface area is 177 Å². The van der Waals surface area contributed by atoms with E-state index in [1.165, 1.54) is 6.42 Å². The Balaban J connectivity index is 1.56. The maximum Gasteiger partial charge on any atom is 0.243 e. The number of halogens is 1. The van der Waals surface area contributed by atoms with E-state index in [1.807, 2.05) is 37.3 Å². The van der Waals surface area contributed by atoms with Crippen LogP contribution in [-0.2, 0) is 16.6 Å². The van der Waals surface area contributed by atoms with Crippen molar-refractivity contribution in [3.8, 4) is 0 Å². The van der Waals surface area contributed by atoms with Crippen molar-refractivity contribution in [3.05, 3.63) is 58.9 Å². The highest BCUT2D eigenvalue weighted by atomic mass is 35.5. The molecule has 2 aromatic carbocycles. The molecule has 0 radical (unpaired) electrons. The number of aryl methyl sites for hydroxylation is 1. The van der Waals surface area contributed by atoms with Crippen LogP contribution in [0.2, 0.25) is 5.02 Å². The lowest BCUT2D eigenvalue weighted by Crippen LogP contribution is -2.38. The van der Waals surface area contributed by atoms with Crippen molar-refractivity contribution < 1.29 is 8.42 Å². The van der Waals surface area contributed by atoms with Crippen molar-refractivity contribution in [1.29, 1.82) is 0 Å². The lowest BCUT2D eigenvalue weighted by molar-refractivity contribution is 0.286. The average molecular weight is 432 g/mol. The fourth-order valence-electron chi connectivity index (χ4n) is 4.18. The molecule has 0 aliphatic heterocycles. The molecule has 0 N–H and O–H groups in total. The van der Waals surface area contributed by atoms with Crippen LogP contribution < -0.4 is 0 Å². The normalized spacial score (nSPS) is 16.0. The van der Waals surface area contributed by atoms with Gasteiger partial charge < -0.3 is 4.57 Å². The number of fused-ring (bicyclic) bond motifs is 1. The Bertz CT molecular complexity index is 1120. The summed E-state index contributed by atoms with van der Waals surface area (Å²) in [5, 5.41) is 0.666. The van der Waals surface area contributed by atoms with Crippen LogP contribution in [0.5, 0.6) is 0 Å². The van der Waals surface area contributed by atoms with Crippen LogP contribution in [0.1, 0.15) is 43.5 Å². The van der Waals surface area contributed by atoms with Gasteiger partial charge in [-0.25, -0.2) is 13.4 Å². The lowest BCUT2D eigenvalue weighted by Gasteiger charge is -2.30. The molecule has 1 saturated carbocycles. The van der Waals surface area contributed by atoms with E-state index in [0.29, 0.717) is 16.5 Å². The zero-order chi connectivity index (χ0) is 20.6. The van der Waals surface area contributed by atoms with Gasteiger partial charge in [0.1, 0.15) is 5.82 Å². The minimum absolute atomic E-state index is 0.111. The number of aromatic nitrogens is 2. The molecule has 29 heavy (non-hydrogen) atoms. The second-order valence-electron chi connectivity index (χ2n) is 7.84. The highest BCUT2D eigenvalue weighted by Gasteiger charge is 2.28. The molecule has 0 atom stereocenters. The first kappa shape index (κ1) is 20.4.